The van der Waals surface area contributed by atoms with Gasteiger partial charge in [-0.2, -0.15) is 15.0 Å². The molecule has 8 heteroatoms. The van der Waals surface area contributed by atoms with E-state index in [4.69, 9.17) is 0 Å². The third-order valence-corrected chi connectivity index (χ3v) is 4.21. The van der Waals surface area contributed by atoms with Gasteiger partial charge in [-0.1, -0.05) is 43.3 Å². The molecule has 0 saturated heterocycles. The lowest BCUT2D eigenvalue weighted by Gasteiger charge is -2.26. The minimum Gasteiger partial charge on any atom is -0.683 e. The van der Waals surface area contributed by atoms with E-state index in [2.05, 4.69) is 27.3 Å². The number of rotatable bonds is 11. The van der Waals surface area contributed by atoms with Crippen LogP contribution in [0.1, 0.15) is 25.5 Å². The van der Waals surface area contributed by atoms with Crippen molar-refractivity contribution in [3.8, 4) is 0 Å². The van der Waals surface area contributed by atoms with E-state index in [0.717, 1.165) is 11.3 Å². The zero-order chi connectivity index (χ0) is 22.8. The van der Waals surface area contributed by atoms with Crippen LogP contribution in [0.2, 0.25) is 0 Å². The predicted octanol–water partition coefficient (Wildman–Crippen LogP) is 4.94. The molecule has 1 aliphatic heterocycles. The minimum atomic E-state index is -2.96. The van der Waals surface area contributed by atoms with E-state index in [1.165, 1.54) is 12.2 Å². The molecule has 1 aliphatic rings. The number of carbonyl (C=O) groups is 1. The van der Waals surface area contributed by atoms with Crippen LogP contribution in [0.25, 0.3) is 5.32 Å². The summed E-state index contributed by atoms with van der Waals surface area (Å²) in [5.74, 6) is -0.620. The van der Waals surface area contributed by atoms with Crippen molar-refractivity contribution in [2.24, 2.45) is 0 Å². The number of nitrogens with zero attached hydrogens (tertiary/aromatic N) is 2. The van der Waals surface area contributed by atoms with Gasteiger partial charge in [-0.05, 0) is 37.4 Å². The topological polar surface area (TPSA) is 67.5 Å². The SMILES string of the molecule is C=C(/C=C\C(=C/C)C(=O)Nc1cccc(C(C)[N-]C=CNC2=C[N+](C)=C2)c1)OC(F)F. The number of nitrogens with one attached hydrogen (secondary N) is 2. The lowest BCUT2D eigenvalue weighted by molar-refractivity contribution is -0.429. The lowest BCUT2D eigenvalue weighted by atomic mass is 10.1. The molecule has 0 spiro atoms. The maximum absolute atomic E-state index is 12.5. The molecule has 2 rings (SSSR count). The summed E-state index contributed by atoms with van der Waals surface area (Å²) in [5, 5.41) is 10.4. The summed E-state index contributed by atoms with van der Waals surface area (Å²) in [6.45, 7) is 4.01. The van der Waals surface area contributed by atoms with Crippen LogP contribution in [-0.4, -0.2) is 30.4 Å². The zero-order valence-electron chi connectivity index (χ0n) is 17.7. The molecule has 6 nitrogen and oxygen atoms in total. The Bertz CT molecular complexity index is 962. The lowest BCUT2D eigenvalue weighted by Crippen LogP contribution is -2.21. The fourth-order valence-corrected chi connectivity index (χ4v) is 2.61. The third-order valence-electron chi connectivity index (χ3n) is 4.21. The largest absolute Gasteiger partial charge is 0.683 e. The Labute approximate surface area is 181 Å². The van der Waals surface area contributed by atoms with Gasteiger partial charge in [-0.25, -0.2) is 4.58 Å². The Morgan fingerprint density at radius 2 is 2.06 bits per heavy atom. The molecule has 1 aromatic rings. The molecule has 0 aliphatic carbocycles. The van der Waals surface area contributed by atoms with Gasteiger partial charge in [0.05, 0.1) is 0 Å². The van der Waals surface area contributed by atoms with E-state index >= 15 is 0 Å². The molecule has 0 fully saturated rings. The molecule has 31 heavy (non-hydrogen) atoms. The van der Waals surface area contributed by atoms with Crippen molar-refractivity contribution in [3.05, 3.63) is 95.6 Å². The summed E-state index contributed by atoms with van der Waals surface area (Å²) >= 11 is 0. The number of alkyl halides is 2. The van der Waals surface area contributed by atoms with Crippen LogP contribution < -0.4 is 10.6 Å². The predicted molar refractivity (Wildman–Crippen MR) is 119 cm³/mol. The highest BCUT2D eigenvalue weighted by molar-refractivity contribution is 6.05. The van der Waals surface area contributed by atoms with E-state index in [9.17, 15) is 13.6 Å². The van der Waals surface area contributed by atoms with Crippen LogP contribution in [0.15, 0.2) is 84.7 Å². The van der Waals surface area contributed by atoms with Gasteiger partial charge in [0.2, 0.25) is 0 Å². The maximum Gasteiger partial charge on any atom is 0.387 e. The van der Waals surface area contributed by atoms with Crippen molar-refractivity contribution in [2.45, 2.75) is 26.5 Å². The summed E-state index contributed by atoms with van der Waals surface area (Å²) in [6.07, 6.45) is 11.5. The second-order valence-electron chi connectivity index (χ2n) is 6.67. The summed E-state index contributed by atoms with van der Waals surface area (Å²) < 4.78 is 30.4. The molecule has 0 saturated carbocycles. The molecule has 164 valence electrons. The van der Waals surface area contributed by atoms with Gasteiger partial charge in [0.15, 0.2) is 18.1 Å². The van der Waals surface area contributed by atoms with Gasteiger partial charge in [0.25, 0.3) is 5.91 Å². The molecular formula is C23H26F2N4O2. The summed E-state index contributed by atoms with van der Waals surface area (Å²) in [6, 6.07) is 7.22. The molecule has 0 radical (unpaired) electrons. The smallest absolute Gasteiger partial charge is 0.387 e. The molecule has 0 aromatic heterocycles. The van der Waals surface area contributed by atoms with Crippen molar-refractivity contribution >= 4 is 17.8 Å². The van der Waals surface area contributed by atoms with E-state index in [0.29, 0.717) is 5.69 Å². The molecule has 2 N–H and O–H groups in total. The van der Waals surface area contributed by atoms with Crippen molar-refractivity contribution in [1.82, 2.24) is 5.32 Å². The first-order valence-electron chi connectivity index (χ1n) is 9.58. The van der Waals surface area contributed by atoms with E-state index in [1.54, 1.807) is 31.5 Å². The number of halogens is 2. The molecule has 1 aromatic carbocycles. The van der Waals surface area contributed by atoms with E-state index in [-0.39, 0.29) is 23.3 Å². The second-order valence-corrected chi connectivity index (χ2v) is 6.67. The molecule has 1 atom stereocenters. The number of carbonyl (C=O) groups excluding carboxylic acids is 1. The number of anilines is 1. The monoisotopic (exact) mass is 428 g/mol. The maximum atomic E-state index is 12.5. The number of ether oxygens (including phenoxy) is 1. The van der Waals surface area contributed by atoms with Gasteiger partial charge in [0.1, 0.15) is 12.8 Å². The Balaban J connectivity index is 1.91. The van der Waals surface area contributed by atoms with Crippen molar-refractivity contribution in [3.63, 3.8) is 0 Å². The second kappa shape index (κ2) is 11.5. The molecule has 1 amide bonds. The van der Waals surface area contributed by atoms with Crippen molar-refractivity contribution in [2.75, 3.05) is 12.4 Å². The highest BCUT2D eigenvalue weighted by atomic mass is 19.3. The van der Waals surface area contributed by atoms with Crippen LogP contribution in [-0.2, 0) is 9.53 Å². The van der Waals surface area contributed by atoms with Crippen LogP contribution in [0, 0.1) is 0 Å². The summed E-state index contributed by atoms with van der Waals surface area (Å²) in [5.41, 5.74) is 2.81. The van der Waals surface area contributed by atoms with Gasteiger partial charge in [-0.3, -0.25) is 4.79 Å². The Morgan fingerprint density at radius 1 is 1.32 bits per heavy atom. The summed E-state index contributed by atoms with van der Waals surface area (Å²) in [4.78, 5) is 12.5. The highest BCUT2D eigenvalue weighted by Gasteiger charge is 2.10. The van der Waals surface area contributed by atoms with E-state index < -0.39 is 6.61 Å². The highest BCUT2D eigenvalue weighted by Crippen LogP contribution is 2.24. The van der Waals surface area contributed by atoms with Gasteiger partial charge < -0.3 is 20.7 Å². The van der Waals surface area contributed by atoms with Crippen LogP contribution in [0.3, 0.4) is 0 Å². The van der Waals surface area contributed by atoms with Crippen LogP contribution >= 0.6 is 0 Å². The average molecular weight is 428 g/mol. The number of hydrogen-bond donors (Lipinski definition) is 2. The number of amides is 1. The number of allylic oxidation sites excluding steroid dienone is 3. The van der Waals surface area contributed by atoms with Crippen LogP contribution in [0.4, 0.5) is 14.5 Å². The molecule has 1 unspecified atom stereocenters. The van der Waals surface area contributed by atoms with Crippen molar-refractivity contribution in [1.29, 1.82) is 0 Å². The van der Waals surface area contributed by atoms with E-state index in [1.807, 2.05) is 49.2 Å². The Morgan fingerprint density at radius 3 is 2.71 bits per heavy atom. The summed E-state index contributed by atoms with van der Waals surface area (Å²) in [7, 11) is 1.95. The minimum absolute atomic E-state index is 0.118. The first kappa shape index (κ1) is 23.6. The quantitative estimate of drug-likeness (QED) is 0.227. The molecular weight excluding hydrogens is 402 g/mol. The van der Waals surface area contributed by atoms with Gasteiger partial charge in [-0.15, -0.1) is 0 Å². The fourth-order valence-electron chi connectivity index (χ4n) is 2.61. The number of hydrogen-bond acceptors (Lipinski definition) is 3. The zero-order valence-corrected chi connectivity index (χ0v) is 17.7. The van der Waals surface area contributed by atoms with Crippen LogP contribution in [0.5, 0.6) is 0 Å². The molecule has 0 bridgehead atoms. The molecule has 1 heterocycles. The number of benzene rings is 1. The third kappa shape index (κ3) is 7.93. The fraction of sp³-hybridized carbons (Fsp3) is 0.217. The van der Waals surface area contributed by atoms with Gasteiger partial charge >= 0.3 is 6.61 Å². The first-order chi connectivity index (χ1) is 14.8. The normalized spacial score (nSPS) is 14.7. The Kier molecular flexibility index (Phi) is 8.75. The van der Waals surface area contributed by atoms with Gasteiger partial charge in [0, 0.05) is 11.3 Å². The standard InChI is InChI=1S/C23H26F2N4O2/c1-5-18(10-9-16(2)31-23(24)25)22(30)28-20-8-6-7-19(13-20)17(3)26-11-12-27-21-14-29(4)15-21/h5-15,17,23,27H,2H2,1,3-4H3,(H,28,30)/b10-9-,12-11?,18-5+. The first-order valence-corrected chi connectivity index (χ1v) is 9.58. The van der Waals surface area contributed by atoms with Crippen molar-refractivity contribution < 1.29 is 22.9 Å². The Hall–Kier alpha value is -3.68. The average Bonchev–Trinajstić information content (AvgIpc) is 2.69.